The summed E-state index contributed by atoms with van der Waals surface area (Å²) in [7, 11) is 3.28. The number of piperidine rings is 1. The Balaban J connectivity index is 1.60. The van der Waals surface area contributed by atoms with Crippen LogP contribution in [0.25, 0.3) is 0 Å². The molecule has 0 saturated carbocycles. The van der Waals surface area contributed by atoms with E-state index in [0.717, 1.165) is 5.56 Å². The summed E-state index contributed by atoms with van der Waals surface area (Å²) >= 11 is 0. The van der Waals surface area contributed by atoms with Crippen LogP contribution in [0.1, 0.15) is 66.9 Å². The van der Waals surface area contributed by atoms with Crippen molar-refractivity contribution >= 4 is 35.2 Å². The number of methoxy groups -OCH3 is 1. The van der Waals surface area contributed by atoms with Crippen LogP contribution in [-0.4, -0.2) is 80.3 Å². The van der Waals surface area contributed by atoms with E-state index < -0.39 is 34.7 Å². The first kappa shape index (κ1) is 35.7. The van der Waals surface area contributed by atoms with Gasteiger partial charge in [0.15, 0.2) is 5.60 Å². The van der Waals surface area contributed by atoms with Crippen LogP contribution in [-0.2, 0) is 29.4 Å². The largest absolute Gasteiger partial charge is 0.476 e. The third-order valence-electron chi connectivity index (χ3n) is 8.56. The maximum atomic E-state index is 14.1. The fourth-order valence-electron chi connectivity index (χ4n) is 6.04. The Labute approximate surface area is 278 Å². The van der Waals surface area contributed by atoms with Crippen LogP contribution in [0.3, 0.4) is 0 Å². The van der Waals surface area contributed by atoms with Gasteiger partial charge in [0.2, 0.25) is 11.8 Å². The summed E-state index contributed by atoms with van der Waals surface area (Å²) in [5.74, 6) is -1.46. The lowest BCUT2D eigenvalue weighted by atomic mass is 9.86. The molecule has 0 bridgehead atoms. The molecule has 0 radical (unpaired) electrons. The molecule has 0 aliphatic carbocycles. The monoisotopic (exact) mass is 650 g/mol. The van der Waals surface area contributed by atoms with Crippen molar-refractivity contribution in [3.63, 3.8) is 0 Å². The normalized spacial score (nSPS) is 19.4. The number of anilines is 2. The van der Waals surface area contributed by atoms with E-state index in [9.17, 15) is 19.2 Å². The second kappa shape index (κ2) is 13.9. The Hall–Kier alpha value is -4.12. The molecule has 2 atom stereocenters. The summed E-state index contributed by atoms with van der Waals surface area (Å²) in [5, 5.41) is 3.14. The molecule has 0 unspecified atom stereocenters. The first-order chi connectivity index (χ1) is 21.9. The Morgan fingerprint density at radius 3 is 2.32 bits per heavy atom. The van der Waals surface area contributed by atoms with Crippen molar-refractivity contribution in [2.45, 2.75) is 78.0 Å². The van der Waals surface area contributed by atoms with Gasteiger partial charge in [0, 0.05) is 46.1 Å². The highest BCUT2D eigenvalue weighted by atomic mass is 16.6. The van der Waals surface area contributed by atoms with Gasteiger partial charge in [-0.05, 0) is 85.1 Å². The summed E-state index contributed by atoms with van der Waals surface area (Å²) in [6.07, 6.45) is 0.309. The topological polar surface area (TPSA) is 118 Å². The number of ether oxygens (including phenoxy) is 3. The van der Waals surface area contributed by atoms with Crippen molar-refractivity contribution in [3.8, 4) is 5.75 Å². The average molecular weight is 651 g/mol. The zero-order valence-corrected chi connectivity index (χ0v) is 29.2. The third kappa shape index (κ3) is 8.43. The van der Waals surface area contributed by atoms with E-state index in [-0.39, 0.29) is 37.2 Å². The van der Waals surface area contributed by atoms with Gasteiger partial charge in [0.05, 0.1) is 23.1 Å². The lowest BCUT2D eigenvalue weighted by Crippen LogP contribution is -2.55. The van der Waals surface area contributed by atoms with Crippen LogP contribution in [0.15, 0.2) is 48.5 Å². The second-order valence-electron chi connectivity index (χ2n) is 14.5. The minimum atomic E-state index is -1.04. The lowest BCUT2D eigenvalue weighted by Gasteiger charge is -2.40. The third-order valence-corrected chi connectivity index (χ3v) is 8.56. The highest BCUT2D eigenvalue weighted by Gasteiger charge is 2.43. The van der Waals surface area contributed by atoms with Gasteiger partial charge >= 0.3 is 6.09 Å². The fraction of sp³-hybridized carbons (Fsp3) is 0.556. The van der Waals surface area contributed by atoms with Gasteiger partial charge in [-0.15, -0.1) is 0 Å². The van der Waals surface area contributed by atoms with Crippen molar-refractivity contribution in [2.24, 2.45) is 11.8 Å². The number of carbonyl (C=O) groups is 4. The number of hydrogen-bond donors (Lipinski definition) is 1. The number of rotatable bonds is 9. The number of likely N-dealkylation sites (tertiary alicyclic amines) is 1. The SMILES string of the molecule is COCCCN1C(=O)C(C)(C)Oc2ccc(N(C)C(=O)[C@@H]3C[C@H](C(=O)NC(C)(C)c4ccccc4)CN(C(=O)OC(C)(C)C)C3)cc21. The number of nitrogens with zero attached hydrogens (tertiary/aromatic N) is 3. The highest BCUT2D eigenvalue weighted by molar-refractivity contribution is 6.04. The first-order valence-corrected chi connectivity index (χ1v) is 16.2. The van der Waals surface area contributed by atoms with Crippen LogP contribution in [0.4, 0.5) is 16.2 Å². The maximum absolute atomic E-state index is 14.1. The second-order valence-corrected chi connectivity index (χ2v) is 14.5. The van der Waals surface area contributed by atoms with E-state index in [2.05, 4.69) is 5.32 Å². The summed E-state index contributed by atoms with van der Waals surface area (Å²) in [6, 6.07) is 15.0. The van der Waals surface area contributed by atoms with Crippen LogP contribution in [0, 0.1) is 11.8 Å². The molecule has 4 amide bonds. The van der Waals surface area contributed by atoms with E-state index >= 15 is 0 Å². The Morgan fingerprint density at radius 1 is 1.02 bits per heavy atom. The van der Waals surface area contributed by atoms with E-state index in [1.54, 1.807) is 71.9 Å². The van der Waals surface area contributed by atoms with Gasteiger partial charge in [0.1, 0.15) is 11.4 Å². The zero-order valence-electron chi connectivity index (χ0n) is 29.2. The van der Waals surface area contributed by atoms with E-state index in [1.165, 1.54) is 9.80 Å². The minimum absolute atomic E-state index is 0.105. The van der Waals surface area contributed by atoms with Crippen molar-refractivity contribution in [3.05, 3.63) is 54.1 Å². The quantitative estimate of drug-likeness (QED) is 0.375. The highest BCUT2D eigenvalue weighted by Crippen LogP contribution is 2.40. The zero-order chi connectivity index (χ0) is 34.7. The number of nitrogens with one attached hydrogen (secondary N) is 1. The summed E-state index contributed by atoms with van der Waals surface area (Å²) in [4.78, 5) is 59.2. The molecule has 0 aromatic heterocycles. The van der Waals surface area contributed by atoms with Crippen LogP contribution in [0.2, 0.25) is 0 Å². The molecule has 0 spiro atoms. The smallest absolute Gasteiger partial charge is 0.410 e. The van der Waals surface area contributed by atoms with Crippen LogP contribution < -0.4 is 19.9 Å². The molecular weight excluding hydrogens is 600 g/mol. The van der Waals surface area contributed by atoms with Crippen molar-refractivity contribution < 1.29 is 33.4 Å². The van der Waals surface area contributed by atoms with Gasteiger partial charge in [-0.1, -0.05) is 30.3 Å². The molecule has 2 aliphatic rings. The Morgan fingerprint density at radius 2 is 1.68 bits per heavy atom. The number of amides is 4. The summed E-state index contributed by atoms with van der Waals surface area (Å²) in [5.41, 5.74) is -0.389. The molecule has 2 heterocycles. The molecule has 11 nitrogen and oxygen atoms in total. The van der Waals surface area contributed by atoms with E-state index in [4.69, 9.17) is 14.2 Å². The Bertz CT molecular complexity index is 1470. The van der Waals surface area contributed by atoms with Gasteiger partial charge in [-0.25, -0.2) is 4.79 Å². The van der Waals surface area contributed by atoms with E-state index in [0.29, 0.717) is 36.7 Å². The molecule has 1 N–H and O–H groups in total. The average Bonchev–Trinajstić information content (AvgIpc) is 3.01. The summed E-state index contributed by atoms with van der Waals surface area (Å²) < 4.78 is 16.9. The molecule has 1 fully saturated rings. The summed E-state index contributed by atoms with van der Waals surface area (Å²) in [6.45, 7) is 13.8. The molecular formula is C36H50N4O7. The predicted molar refractivity (Wildman–Crippen MR) is 180 cm³/mol. The maximum Gasteiger partial charge on any atom is 0.410 e. The minimum Gasteiger partial charge on any atom is -0.476 e. The fourth-order valence-corrected chi connectivity index (χ4v) is 6.04. The van der Waals surface area contributed by atoms with Crippen molar-refractivity contribution in [2.75, 3.05) is 50.2 Å². The molecule has 2 aromatic rings. The van der Waals surface area contributed by atoms with Crippen LogP contribution >= 0.6 is 0 Å². The number of fused-ring (bicyclic) bond motifs is 1. The van der Waals surface area contributed by atoms with E-state index in [1.807, 2.05) is 44.2 Å². The van der Waals surface area contributed by atoms with Gasteiger partial charge < -0.3 is 34.2 Å². The molecule has 1 saturated heterocycles. The van der Waals surface area contributed by atoms with Gasteiger partial charge in [0.25, 0.3) is 5.91 Å². The number of carbonyl (C=O) groups excluding carboxylic acids is 4. The molecule has 47 heavy (non-hydrogen) atoms. The van der Waals surface area contributed by atoms with Gasteiger partial charge in [-0.2, -0.15) is 0 Å². The van der Waals surface area contributed by atoms with Crippen LogP contribution in [0.5, 0.6) is 5.75 Å². The predicted octanol–water partition coefficient (Wildman–Crippen LogP) is 5.11. The number of benzene rings is 2. The lowest BCUT2D eigenvalue weighted by molar-refractivity contribution is -0.133. The molecule has 256 valence electrons. The molecule has 2 aromatic carbocycles. The molecule has 4 rings (SSSR count). The van der Waals surface area contributed by atoms with Gasteiger partial charge in [-0.3, -0.25) is 14.4 Å². The molecule has 2 aliphatic heterocycles. The van der Waals surface area contributed by atoms with Crippen molar-refractivity contribution in [1.29, 1.82) is 0 Å². The van der Waals surface area contributed by atoms with Crippen molar-refractivity contribution in [1.82, 2.24) is 10.2 Å². The standard InChI is InChI=1S/C36H50N4O7/c1-34(2,3)47-33(44)39-22-24(30(41)37-35(4,5)26-14-11-10-12-15-26)20-25(23-39)31(42)38(8)27-16-17-29-28(21-27)40(18-13-19-45-9)32(43)36(6,7)46-29/h10-12,14-17,21,24-25H,13,18-20,22-23H2,1-9H3,(H,37,41)/t24-,25+/m0/s1. The number of hydrogen-bond acceptors (Lipinski definition) is 7. The first-order valence-electron chi connectivity index (χ1n) is 16.2. The Kier molecular flexibility index (Phi) is 10.6. The molecule has 11 heteroatoms.